The Morgan fingerprint density at radius 3 is 2.67 bits per heavy atom. The maximum atomic E-state index is 13.1. The van der Waals surface area contributed by atoms with Crippen molar-refractivity contribution in [1.29, 1.82) is 0 Å². The molecule has 7 heteroatoms. The van der Waals surface area contributed by atoms with Crippen LogP contribution in [0, 0.1) is 12.7 Å². The largest absolute Gasteiger partial charge is 0.489 e. The normalized spacial score (nSPS) is 12.2. The predicted molar refractivity (Wildman–Crippen MR) is 106 cm³/mol. The molecule has 6 nitrogen and oxygen atoms in total. The van der Waals surface area contributed by atoms with Gasteiger partial charge in [-0.2, -0.15) is 0 Å². The summed E-state index contributed by atoms with van der Waals surface area (Å²) in [6, 6.07) is 13.6. The van der Waals surface area contributed by atoms with Crippen LogP contribution in [-0.2, 0) is 4.79 Å². The van der Waals surface area contributed by atoms with Crippen LogP contribution in [0.4, 0.5) is 10.1 Å². The molecule has 3 N–H and O–H groups in total. The second-order valence-corrected chi connectivity index (χ2v) is 6.06. The Hall–Kier alpha value is -3.09. The summed E-state index contributed by atoms with van der Waals surface area (Å²) in [4.78, 5) is 16.0. The molecule has 0 aromatic heterocycles. The Balaban J connectivity index is 1.75. The molecule has 27 heavy (non-hydrogen) atoms. The number of rotatable bonds is 7. The maximum Gasteiger partial charge on any atom is 0.243 e. The molecule has 1 atom stereocenters. The molecule has 144 valence electrons. The molecule has 0 bridgehead atoms. The number of halogens is 1. The number of para-hydroxylation sites is 1. The first-order chi connectivity index (χ1) is 13.0. The number of hydrogen-bond acceptors (Lipinski definition) is 3. The lowest BCUT2D eigenvalue weighted by molar-refractivity contribution is -0.115. The van der Waals surface area contributed by atoms with E-state index in [0.29, 0.717) is 18.2 Å². The molecule has 1 unspecified atom stereocenters. The highest BCUT2D eigenvalue weighted by Gasteiger charge is 2.09. The van der Waals surface area contributed by atoms with Crippen LogP contribution in [0.3, 0.4) is 0 Å². The molecule has 0 radical (unpaired) electrons. The van der Waals surface area contributed by atoms with Crippen LogP contribution in [0.25, 0.3) is 0 Å². The van der Waals surface area contributed by atoms with E-state index in [9.17, 15) is 9.18 Å². The number of ether oxygens (including phenoxy) is 1. The molecular formula is C20H25FN4O2. The Kier molecular flexibility index (Phi) is 7.61. The molecule has 0 aliphatic carbocycles. The first-order valence-electron chi connectivity index (χ1n) is 8.70. The number of guanidine groups is 1. The standard InChI is InChI=1S/C20H25FN4O2/c1-14-7-4-5-10-18(14)27-15(2)12-23-20(22-3)24-13-19(26)25-17-9-6-8-16(21)11-17/h4-11,15H,12-13H2,1-3H3,(H,25,26)(H2,22,23,24). The van der Waals surface area contributed by atoms with E-state index in [0.717, 1.165) is 11.3 Å². The van der Waals surface area contributed by atoms with Crippen LogP contribution in [0.2, 0.25) is 0 Å². The van der Waals surface area contributed by atoms with Crippen LogP contribution in [-0.4, -0.2) is 38.1 Å². The van der Waals surface area contributed by atoms with Crippen LogP contribution < -0.4 is 20.7 Å². The molecule has 0 saturated carbocycles. The van der Waals surface area contributed by atoms with Gasteiger partial charge in [0.1, 0.15) is 17.7 Å². The minimum absolute atomic E-state index is 0.00319. The van der Waals surface area contributed by atoms with Crippen molar-refractivity contribution in [3.63, 3.8) is 0 Å². The monoisotopic (exact) mass is 372 g/mol. The smallest absolute Gasteiger partial charge is 0.243 e. The van der Waals surface area contributed by atoms with Crippen molar-refractivity contribution in [2.24, 2.45) is 4.99 Å². The summed E-state index contributed by atoms with van der Waals surface area (Å²) in [5.41, 5.74) is 1.48. The molecule has 0 heterocycles. The highest BCUT2D eigenvalue weighted by molar-refractivity contribution is 5.94. The van der Waals surface area contributed by atoms with Gasteiger partial charge in [-0.05, 0) is 43.7 Å². The Labute approximate surface area is 158 Å². The van der Waals surface area contributed by atoms with Gasteiger partial charge >= 0.3 is 0 Å². The molecule has 2 rings (SSSR count). The van der Waals surface area contributed by atoms with E-state index in [4.69, 9.17) is 4.74 Å². The van der Waals surface area contributed by atoms with Crippen LogP contribution in [0.1, 0.15) is 12.5 Å². The van der Waals surface area contributed by atoms with Crippen molar-refractivity contribution in [2.45, 2.75) is 20.0 Å². The minimum atomic E-state index is -0.402. The average Bonchev–Trinajstić information content (AvgIpc) is 2.64. The van der Waals surface area contributed by atoms with Crippen LogP contribution in [0.5, 0.6) is 5.75 Å². The molecule has 0 aliphatic rings. The quantitative estimate of drug-likeness (QED) is 0.516. The first-order valence-corrected chi connectivity index (χ1v) is 8.70. The molecule has 0 spiro atoms. The van der Waals surface area contributed by atoms with Gasteiger partial charge < -0.3 is 20.7 Å². The molecule has 0 fully saturated rings. The van der Waals surface area contributed by atoms with Crippen molar-refractivity contribution in [3.05, 3.63) is 59.9 Å². The van der Waals surface area contributed by atoms with E-state index in [1.807, 2.05) is 38.1 Å². The number of aryl methyl sites for hydroxylation is 1. The second kappa shape index (κ2) is 10.2. The first kappa shape index (κ1) is 20.2. The lowest BCUT2D eigenvalue weighted by Gasteiger charge is -2.18. The summed E-state index contributed by atoms with van der Waals surface area (Å²) in [5, 5.41) is 8.64. The van der Waals surface area contributed by atoms with Gasteiger partial charge in [-0.1, -0.05) is 24.3 Å². The van der Waals surface area contributed by atoms with Gasteiger partial charge in [0.2, 0.25) is 5.91 Å². The lowest BCUT2D eigenvalue weighted by Crippen LogP contribution is -2.44. The predicted octanol–water partition coefficient (Wildman–Crippen LogP) is 2.71. The fraction of sp³-hybridized carbons (Fsp3) is 0.300. The third kappa shape index (κ3) is 6.97. The van der Waals surface area contributed by atoms with Crippen LogP contribution in [0.15, 0.2) is 53.5 Å². The van der Waals surface area contributed by atoms with E-state index in [1.54, 1.807) is 13.1 Å². The van der Waals surface area contributed by atoms with E-state index in [2.05, 4.69) is 20.9 Å². The Bertz CT molecular complexity index is 795. The van der Waals surface area contributed by atoms with Gasteiger partial charge in [-0.3, -0.25) is 9.79 Å². The Morgan fingerprint density at radius 2 is 1.96 bits per heavy atom. The number of benzene rings is 2. The molecule has 0 saturated heterocycles. The number of anilines is 1. The summed E-state index contributed by atoms with van der Waals surface area (Å²) in [7, 11) is 1.62. The minimum Gasteiger partial charge on any atom is -0.489 e. The van der Waals surface area contributed by atoms with Gasteiger partial charge in [0.25, 0.3) is 0 Å². The number of hydrogen-bond donors (Lipinski definition) is 3. The molecular weight excluding hydrogens is 347 g/mol. The highest BCUT2D eigenvalue weighted by atomic mass is 19.1. The number of aliphatic imine (C=N–C) groups is 1. The summed E-state index contributed by atoms with van der Waals surface area (Å²) in [5.74, 6) is 0.613. The number of nitrogens with one attached hydrogen (secondary N) is 3. The van der Waals surface area contributed by atoms with Gasteiger partial charge in [-0.25, -0.2) is 4.39 Å². The highest BCUT2D eigenvalue weighted by Crippen LogP contribution is 2.17. The topological polar surface area (TPSA) is 74.8 Å². The van der Waals surface area contributed by atoms with Crippen molar-refractivity contribution in [3.8, 4) is 5.75 Å². The summed E-state index contributed by atoms with van der Waals surface area (Å²) in [6.07, 6.45) is -0.0919. The van der Waals surface area contributed by atoms with Gasteiger partial charge in [-0.15, -0.1) is 0 Å². The van der Waals surface area contributed by atoms with E-state index >= 15 is 0 Å². The molecule has 0 aliphatic heterocycles. The van der Waals surface area contributed by atoms with Gasteiger partial charge in [0.15, 0.2) is 5.96 Å². The van der Waals surface area contributed by atoms with E-state index in [-0.39, 0.29) is 18.6 Å². The fourth-order valence-corrected chi connectivity index (χ4v) is 2.34. The third-order valence-electron chi connectivity index (χ3n) is 3.73. The molecule has 2 aromatic rings. The van der Waals surface area contributed by atoms with Gasteiger partial charge in [0, 0.05) is 12.7 Å². The van der Waals surface area contributed by atoms with Crippen molar-refractivity contribution in [1.82, 2.24) is 10.6 Å². The number of carbonyl (C=O) groups excluding carboxylic acids is 1. The SMILES string of the molecule is CN=C(NCC(=O)Nc1cccc(F)c1)NCC(C)Oc1ccccc1C. The number of carbonyl (C=O) groups is 1. The molecule has 1 amide bonds. The van der Waals surface area contributed by atoms with E-state index < -0.39 is 5.82 Å². The van der Waals surface area contributed by atoms with Crippen molar-refractivity contribution >= 4 is 17.6 Å². The second-order valence-electron chi connectivity index (χ2n) is 6.06. The summed E-state index contributed by atoms with van der Waals surface area (Å²) >= 11 is 0. The van der Waals surface area contributed by atoms with Crippen molar-refractivity contribution < 1.29 is 13.9 Å². The zero-order valence-corrected chi connectivity index (χ0v) is 15.8. The fourth-order valence-electron chi connectivity index (χ4n) is 2.34. The van der Waals surface area contributed by atoms with Crippen LogP contribution >= 0.6 is 0 Å². The molecule has 2 aromatic carbocycles. The lowest BCUT2D eigenvalue weighted by atomic mass is 10.2. The zero-order valence-electron chi connectivity index (χ0n) is 15.8. The van der Waals surface area contributed by atoms with Gasteiger partial charge in [0.05, 0.1) is 13.1 Å². The maximum absolute atomic E-state index is 13.1. The average molecular weight is 372 g/mol. The summed E-state index contributed by atoms with van der Waals surface area (Å²) in [6.45, 7) is 4.46. The number of amides is 1. The van der Waals surface area contributed by atoms with E-state index in [1.165, 1.54) is 18.2 Å². The zero-order chi connectivity index (χ0) is 19.6. The summed E-state index contributed by atoms with van der Waals surface area (Å²) < 4.78 is 19.0. The van der Waals surface area contributed by atoms with Crippen molar-refractivity contribution in [2.75, 3.05) is 25.5 Å². The Morgan fingerprint density at radius 1 is 1.19 bits per heavy atom. The number of nitrogens with zero attached hydrogens (tertiary/aromatic N) is 1. The third-order valence-corrected chi connectivity index (χ3v) is 3.73.